The van der Waals surface area contributed by atoms with Gasteiger partial charge in [0.25, 0.3) is 0 Å². The summed E-state index contributed by atoms with van der Waals surface area (Å²) < 4.78 is 26.7. The van der Waals surface area contributed by atoms with Crippen LogP contribution in [0.15, 0.2) is 36.9 Å². The third-order valence-corrected chi connectivity index (χ3v) is 9.77. The van der Waals surface area contributed by atoms with Crippen molar-refractivity contribution in [3.63, 3.8) is 0 Å². The smallest absolute Gasteiger partial charge is 0.327 e. The summed E-state index contributed by atoms with van der Waals surface area (Å²) >= 11 is 7.54. The van der Waals surface area contributed by atoms with Crippen molar-refractivity contribution >= 4 is 55.0 Å². The first-order valence-corrected chi connectivity index (χ1v) is 16.8. The average Bonchev–Trinajstić information content (AvgIpc) is 3.54. The van der Waals surface area contributed by atoms with Crippen molar-refractivity contribution in [2.45, 2.75) is 69.4 Å². The zero-order valence-corrected chi connectivity index (χ0v) is 26.2. The van der Waals surface area contributed by atoms with Crippen molar-refractivity contribution in [2.75, 3.05) is 24.9 Å². The van der Waals surface area contributed by atoms with Crippen molar-refractivity contribution in [3.8, 4) is 5.75 Å². The van der Waals surface area contributed by atoms with Gasteiger partial charge in [0, 0.05) is 18.0 Å². The Bertz CT molecular complexity index is 1390. The minimum atomic E-state index is -1.69. The van der Waals surface area contributed by atoms with E-state index in [1.165, 1.54) is 18.3 Å². The van der Waals surface area contributed by atoms with Crippen LogP contribution in [-0.2, 0) is 18.8 Å². The number of ether oxygens (including phenoxy) is 2. The molecule has 4 unspecified atom stereocenters. The first-order valence-electron chi connectivity index (χ1n) is 14.1. The molecule has 3 aromatic rings. The van der Waals surface area contributed by atoms with Crippen molar-refractivity contribution in [2.24, 2.45) is 5.92 Å². The summed E-state index contributed by atoms with van der Waals surface area (Å²) in [6.45, 7) is 2.43. The molecule has 0 bridgehead atoms. The first kappa shape index (κ1) is 29.8. The molecule has 1 aliphatic heterocycles. The van der Waals surface area contributed by atoms with Gasteiger partial charge in [0.15, 0.2) is 17.0 Å². The van der Waals surface area contributed by atoms with Crippen molar-refractivity contribution in [1.29, 1.82) is 0 Å². The van der Waals surface area contributed by atoms with Gasteiger partial charge in [-0.25, -0.2) is 20.0 Å². The summed E-state index contributed by atoms with van der Waals surface area (Å²) in [7, 11) is 0.198. The summed E-state index contributed by atoms with van der Waals surface area (Å²) in [5.74, 6) is 1.24. The fraction of sp³-hybridized carbons (Fsp3) is 0.556. The molecule has 42 heavy (non-hydrogen) atoms. The first-order chi connectivity index (χ1) is 20.3. The second kappa shape index (κ2) is 12.8. The number of nitrogens with one attached hydrogen (secondary N) is 2. The van der Waals surface area contributed by atoms with E-state index in [2.05, 4.69) is 31.8 Å². The summed E-state index contributed by atoms with van der Waals surface area (Å²) in [6, 6.07) is 7.09. The summed E-state index contributed by atoms with van der Waals surface area (Å²) in [5, 5.41) is 5.82. The fourth-order valence-electron chi connectivity index (χ4n) is 5.16. The van der Waals surface area contributed by atoms with E-state index in [4.69, 9.17) is 30.1 Å². The molecule has 0 spiro atoms. The maximum atomic E-state index is 13.1. The number of benzene rings is 1. The van der Waals surface area contributed by atoms with E-state index in [9.17, 15) is 4.79 Å². The normalized spacial score (nSPS) is 23.9. The van der Waals surface area contributed by atoms with Crippen LogP contribution in [0.5, 0.6) is 5.75 Å². The van der Waals surface area contributed by atoms with Gasteiger partial charge in [-0.2, -0.15) is 4.83 Å². The van der Waals surface area contributed by atoms with E-state index in [0.717, 1.165) is 25.7 Å². The fourth-order valence-corrected chi connectivity index (χ4v) is 7.09. The summed E-state index contributed by atoms with van der Waals surface area (Å²) in [5.41, 5.74) is 0.590. The highest BCUT2D eigenvalue weighted by Crippen LogP contribution is 2.46. The second-order valence-electron chi connectivity index (χ2n) is 11.0. The maximum Gasteiger partial charge on any atom is 0.327 e. The van der Waals surface area contributed by atoms with Gasteiger partial charge in [0.2, 0.25) is 0 Å². The second-order valence-corrected chi connectivity index (χ2v) is 13.2. The number of esters is 1. The number of hydrogen-bond acceptors (Lipinski definition) is 12. The zero-order chi connectivity index (χ0) is 29.3. The van der Waals surface area contributed by atoms with Crippen molar-refractivity contribution in [1.82, 2.24) is 29.4 Å². The molecule has 1 saturated heterocycles. The standard InChI is InChI=1S/C27H35ClN7O5PS/c1-17-13-21(38-25(17)35-16-31-22-23(34(2)33-42-3)29-15-30-24(22)35)14-37-41(40-20-7-5-18(28)6-8-20)32-27(11-4-12-27)26(36)39-19-9-10-19/h5-8,15-17,19,21,25,32-33H,4,9-14H2,1-3H3. The van der Waals surface area contributed by atoms with Crippen LogP contribution in [0, 0.1) is 5.92 Å². The minimum absolute atomic E-state index is 0.0363. The van der Waals surface area contributed by atoms with Crippen LogP contribution < -0.4 is 19.5 Å². The number of imidazole rings is 1. The minimum Gasteiger partial charge on any atom is -0.461 e. The SMILES string of the molecule is CSNN(C)c1ncnc2c1ncn2C1OC(COP(NC2(C(=O)OC3CC3)CCC2)Oc2ccc(Cl)cc2)CC1C. The van der Waals surface area contributed by atoms with Gasteiger partial charge in [0.05, 0.1) is 19.0 Å². The van der Waals surface area contributed by atoms with E-state index in [0.29, 0.717) is 40.6 Å². The molecule has 4 atom stereocenters. The van der Waals surface area contributed by atoms with Crippen molar-refractivity contribution in [3.05, 3.63) is 41.9 Å². The third kappa shape index (κ3) is 6.47. The van der Waals surface area contributed by atoms with E-state index in [-0.39, 0.29) is 36.9 Å². The predicted octanol–water partition coefficient (Wildman–Crippen LogP) is 5.16. The van der Waals surface area contributed by atoms with Gasteiger partial charge in [-0.3, -0.25) is 14.4 Å². The van der Waals surface area contributed by atoms with Crippen LogP contribution in [0.4, 0.5) is 5.82 Å². The van der Waals surface area contributed by atoms with Gasteiger partial charge in [-0.05, 0) is 69.0 Å². The van der Waals surface area contributed by atoms with Crippen LogP contribution >= 0.6 is 32.1 Å². The highest BCUT2D eigenvalue weighted by Gasteiger charge is 2.50. The number of hydrazine groups is 1. The van der Waals surface area contributed by atoms with Gasteiger partial charge in [-0.1, -0.05) is 30.5 Å². The molecule has 15 heteroatoms. The van der Waals surface area contributed by atoms with E-state index < -0.39 is 14.1 Å². The van der Waals surface area contributed by atoms with Gasteiger partial charge in [-0.15, -0.1) is 0 Å². The lowest BCUT2D eigenvalue weighted by Gasteiger charge is -2.41. The molecule has 0 amide bonds. The Kier molecular flexibility index (Phi) is 9.06. The monoisotopic (exact) mass is 635 g/mol. The van der Waals surface area contributed by atoms with E-state index >= 15 is 0 Å². The molecule has 3 fully saturated rings. The van der Waals surface area contributed by atoms with Gasteiger partial charge in [0.1, 0.15) is 29.9 Å². The molecule has 1 aromatic carbocycles. The summed E-state index contributed by atoms with van der Waals surface area (Å²) in [6.07, 6.45) is 9.74. The van der Waals surface area contributed by atoms with Crippen LogP contribution in [0.3, 0.4) is 0 Å². The van der Waals surface area contributed by atoms with Crippen LogP contribution in [-0.4, -0.2) is 63.1 Å². The number of hydrogen-bond donors (Lipinski definition) is 2. The Labute approximate surface area is 255 Å². The topological polar surface area (TPSA) is 125 Å². The van der Waals surface area contributed by atoms with Crippen LogP contribution in [0.1, 0.15) is 51.7 Å². The van der Waals surface area contributed by atoms with E-state index in [1.807, 2.05) is 22.9 Å². The number of carbonyl (C=O) groups excluding carboxylic acids is 1. The Hall–Kier alpha value is -2.25. The lowest BCUT2D eigenvalue weighted by atomic mass is 9.78. The predicted molar refractivity (Wildman–Crippen MR) is 162 cm³/mol. The molecular weight excluding hydrogens is 601 g/mol. The largest absolute Gasteiger partial charge is 0.461 e. The highest BCUT2D eigenvalue weighted by molar-refractivity contribution is 7.96. The van der Waals surface area contributed by atoms with Gasteiger partial charge < -0.3 is 18.5 Å². The number of nitrogens with zero attached hydrogens (tertiary/aromatic N) is 5. The molecule has 3 aliphatic rings. The molecule has 2 N–H and O–H groups in total. The molecule has 6 rings (SSSR count). The third-order valence-electron chi connectivity index (χ3n) is 7.69. The van der Waals surface area contributed by atoms with Crippen LogP contribution in [0.25, 0.3) is 11.2 Å². The Morgan fingerprint density at radius 1 is 1.26 bits per heavy atom. The number of halogens is 1. The quantitative estimate of drug-likeness (QED) is 0.111. The molecule has 0 radical (unpaired) electrons. The number of fused-ring (bicyclic) bond motifs is 1. The molecular formula is C27H35ClN7O5PS. The zero-order valence-electron chi connectivity index (χ0n) is 23.7. The lowest BCUT2D eigenvalue weighted by Crippen LogP contribution is -2.56. The molecule has 226 valence electrons. The average molecular weight is 636 g/mol. The number of aromatic nitrogens is 4. The molecule has 2 aromatic heterocycles. The molecule has 3 heterocycles. The number of carbonyl (C=O) groups is 1. The maximum absolute atomic E-state index is 13.1. The number of anilines is 1. The molecule has 2 saturated carbocycles. The van der Waals surface area contributed by atoms with Crippen LogP contribution in [0.2, 0.25) is 5.02 Å². The highest BCUT2D eigenvalue weighted by atomic mass is 35.5. The Morgan fingerprint density at radius 3 is 2.74 bits per heavy atom. The lowest BCUT2D eigenvalue weighted by molar-refractivity contribution is -0.156. The summed E-state index contributed by atoms with van der Waals surface area (Å²) in [4.78, 5) is 29.7. The number of rotatable bonds is 13. The molecule has 2 aliphatic carbocycles. The van der Waals surface area contributed by atoms with Crippen molar-refractivity contribution < 1.29 is 23.3 Å². The Morgan fingerprint density at radius 2 is 2.05 bits per heavy atom. The van der Waals surface area contributed by atoms with Gasteiger partial charge >= 0.3 is 14.5 Å². The Balaban J connectivity index is 1.14. The molecule has 12 nitrogen and oxygen atoms in total. The van der Waals surface area contributed by atoms with E-state index in [1.54, 1.807) is 30.6 Å².